The van der Waals surface area contributed by atoms with Crippen molar-refractivity contribution in [2.75, 3.05) is 6.61 Å². The van der Waals surface area contributed by atoms with Gasteiger partial charge in [0, 0.05) is 37.0 Å². The van der Waals surface area contributed by atoms with E-state index in [1.807, 2.05) is 0 Å². The van der Waals surface area contributed by atoms with Gasteiger partial charge in [-0.1, -0.05) is 24.3 Å². The lowest BCUT2D eigenvalue weighted by Gasteiger charge is -2.25. The third kappa shape index (κ3) is 5.43. The smallest absolute Gasteiger partial charge is 0.396 e. The highest BCUT2D eigenvalue weighted by Crippen LogP contribution is 2.35. The second-order valence-electron chi connectivity index (χ2n) is 8.55. The molecular formula is C25H25F4N3O2. The third-order valence-corrected chi connectivity index (χ3v) is 6.39. The number of nitrogens with zero attached hydrogens (tertiary/aromatic N) is 2. The van der Waals surface area contributed by atoms with Crippen molar-refractivity contribution in [3.05, 3.63) is 83.4 Å². The molecule has 1 heterocycles. The lowest BCUT2D eigenvalue weighted by Crippen LogP contribution is -2.36. The van der Waals surface area contributed by atoms with E-state index in [9.17, 15) is 27.8 Å². The van der Waals surface area contributed by atoms with Gasteiger partial charge in [0.25, 0.3) is 0 Å². The Labute approximate surface area is 194 Å². The molecule has 1 saturated carbocycles. The Hall–Kier alpha value is -2.88. The minimum absolute atomic E-state index is 0.183. The number of aliphatic hydroxyl groups is 2. The fraction of sp³-hybridized carbons (Fsp3) is 0.360. The number of halogens is 4. The number of hydrogen-bond acceptors (Lipinski definition) is 5. The molecule has 3 aromatic rings. The van der Waals surface area contributed by atoms with Gasteiger partial charge in [0.15, 0.2) is 5.82 Å². The van der Waals surface area contributed by atoms with Crippen LogP contribution in [0.2, 0.25) is 0 Å². The quantitative estimate of drug-likeness (QED) is 0.451. The molecule has 1 aliphatic carbocycles. The molecule has 9 heteroatoms. The number of hydrogen-bond donors (Lipinski definition) is 3. The summed E-state index contributed by atoms with van der Waals surface area (Å²) in [6.07, 6.45) is -2.76. The van der Waals surface area contributed by atoms with Crippen molar-refractivity contribution in [2.24, 2.45) is 11.8 Å². The first-order valence-electron chi connectivity index (χ1n) is 11.0. The van der Waals surface area contributed by atoms with Gasteiger partial charge in [-0.3, -0.25) is 0 Å². The van der Waals surface area contributed by atoms with Crippen molar-refractivity contribution >= 4 is 0 Å². The Balaban J connectivity index is 1.49. The summed E-state index contributed by atoms with van der Waals surface area (Å²) in [5.74, 6) is -0.751. The van der Waals surface area contributed by atoms with Gasteiger partial charge in [-0.2, -0.15) is 13.2 Å². The highest BCUT2D eigenvalue weighted by Gasteiger charge is 2.42. The first kappa shape index (κ1) is 24.3. The van der Waals surface area contributed by atoms with E-state index >= 15 is 0 Å². The second-order valence-corrected chi connectivity index (χ2v) is 8.55. The Morgan fingerprint density at radius 1 is 1.00 bits per heavy atom. The van der Waals surface area contributed by atoms with Gasteiger partial charge in [-0.05, 0) is 54.7 Å². The van der Waals surface area contributed by atoms with E-state index in [2.05, 4.69) is 15.3 Å². The van der Waals surface area contributed by atoms with Crippen LogP contribution >= 0.6 is 0 Å². The molecule has 5 nitrogen and oxygen atoms in total. The first-order chi connectivity index (χ1) is 16.3. The predicted molar refractivity (Wildman–Crippen MR) is 118 cm³/mol. The average molecular weight is 475 g/mol. The van der Waals surface area contributed by atoms with E-state index in [0.29, 0.717) is 30.6 Å². The van der Waals surface area contributed by atoms with Crippen molar-refractivity contribution in [1.82, 2.24) is 15.3 Å². The molecule has 0 spiro atoms. The molecule has 34 heavy (non-hydrogen) atoms. The number of nitrogens with one attached hydrogen (secondary N) is 1. The summed E-state index contributed by atoms with van der Waals surface area (Å²) >= 11 is 0. The van der Waals surface area contributed by atoms with Crippen LogP contribution in [0.25, 0.3) is 11.4 Å². The average Bonchev–Trinajstić information content (AvgIpc) is 3.11. The lowest BCUT2D eigenvalue weighted by atomic mass is 9.88. The molecule has 180 valence electrons. The normalized spacial score (nSPS) is 22.8. The zero-order chi connectivity index (χ0) is 24.3. The molecule has 0 amide bonds. The second kappa shape index (κ2) is 10.2. The Bertz CT molecular complexity index is 1110. The molecule has 0 bridgehead atoms. The van der Waals surface area contributed by atoms with Crippen molar-refractivity contribution < 1.29 is 27.8 Å². The van der Waals surface area contributed by atoms with Crippen LogP contribution in [0.5, 0.6) is 0 Å². The first-order valence-corrected chi connectivity index (χ1v) is 11.0. The zero-order valence-electron chi connectivity index (χ0n) is 18.2. The molecular weight excluding hydrogens is 450 g/mol. The summed E-state index contributed by atoms with van der Waals surface area (Å²) in [6.45, 7) is 0.101. The van der Waals surface area contributed by atoms with Gasteiger partial charge in [-0.15, -0.1) is 0 Å². The van der Waals surface area contributed by atoms with E-state index < -0.39 is 29.6 Å². The summed E-state index contributed by atoms with van der Waals surface area (Å²) in [6, 6.07) is 12.7. The molecule has 0 radical (unpaired) electrons. The van der Waals surface area contributed by atoms with Crippen LogP contribution < -0.4 is 5.32 Å². The summed E-state index contributed by atoms with van der Waals surface area (Å²) in [5.41, 5.74) is 0.899. The molecule has 4 atom stereocenters. The molecule has 3 N–H and O–H groups in total. The highest BCUT2D eigenvalue weighted by molar-refractivity contribution is 5.55. The lowest BCUT2D eigenvalue weighted by molar-refractivity contribution is -0.137. The zero-order valence-corrected chi connectivity index (χ0v) is 18.2. The van der Waals surface area contributed by atoms with Crippen molar-refractivity contribution in [3.8, 4) is 11.4 Å². The summed E-state index contributed by atoms with van der Waals surface area (Å²) < 4.78 is 52.6. The summed E-state index contributed by atoms with van der Waals surface area (Å²) in [5, 5.41) is 23.7. The van der Waals surface area contributed by atoms with Crippen LogP contribution in [-0.4, -0.2) is 38.9 Å². The van der Waals surface area contributed by atoms with E-state index in [0.717, 1.165) is 12.1 Å². The van der Waals surface area contributed by atoms with E-state index in [-0.39, 0.29) is 30.0 Å². The highest BCUT2D eigenvalue weighted by atomic mass is 19.4. The van der Waals surface area contributed by atoms with Gasteiger partial charge in [0.2, 0.25) is 0 Å². The SMILES string of the molecule is OCC1C(O)CC(NCc2ccc(C(F)(F)F)cc2)C1Cc1ccnc(-c2ccccc2F)n1. The molecule has 4 unspecified atom stereocenters. The fourth-order valence-corrected chi connectivity index (χ4v) is 4.56. The Kier molecular flexibility index (Phi) is 7.25. The molecule has 0 saturated heterocycles. The molecule has 0 aliphatic heterocycles. The Morgan fingerprint density at radius 3 is 2.41 bits per heavy atom. The molecule has 4 rings (SSSR count). The molecule has 1 aliphatic rings. The van der Waals surface area contributed by atoms with Crippen LogP contribution in [0.1, 0.15) is 23.2 Å². The maximum Gasteiger partial charge on any atom is 0.416 e. The number of rotatable bonds is 7. The van der Waals surface area contributed by atoms with E-state index in [1.165, 1.54) is 18.2 Å². The monoisotopic (exact) mass is 475 g/mol. The Morgan fingerprint density at radius 2 is 1.74 bits per heavy atom. The van der Waals surface area contributed by atoms with Gasteiger partial charge in [-0.25, -0.2) is 14.4 Å². The number of aliphatic hydroxyl groups excluding tert-OH is 2. The van der Waals surface area contributed by atoms with E-state index in [4.69, 9.17) is 0 Å². The maximum atomic E-state index is 14.2. The van der Waals surface area contributed by atoms with Gasteiger partial charge in [0.1, 0.15) is 5.82 Å². The van der Waals surface area contributed by atoms with Gasteiger partial charge >= 0.3 is 6.18 Å². The predicted octanol–water partition coefficient (Wildman–Crippen LogP) is 3.99. The number of benzene rings is 2. The standard InChI is InChI=1S/C25H25F4N3O2/c26-21-4-2-1-3-18(21)24-30-10-9-17(32-24)11-19-20(14-33)23(34)12-22(19)31-13-15-5-7-16(8-6-15)25(27,28)29/h1-10,19-20,22-23,31,33-34H,11-14H2. The summed E-state index contributed by atoms with van der Waals surface area (Å²) in [7, 11) is 0. The van der Waals surface area contributed by atoms with Crippen LogP contribution in [-0.2, 0) is 19.1 Å². The summed E-state index contributed by atoms with van der Waals surface area (Å²) in [4.78, 5) is 8.67. The molecule has 2 aromatic carbocycles. The van der Waals surface area contributed by atoms with Gasteiger partial charge < -0.3 is 15.5 Å². The molecule has 1 aromatic heterocycles. The number of aromatic nitrogens is 2. The largest absolute Gasteiger partial charge is 0.416 e. The van der Waals surface area contributed by atoms with Gasteiger partial charge in [0.05, 0.1) is 17.2 Å². The third-order valence-electron chi connectivity index (χ3n) is 6.39. The van der Waals surface area contributed by atoms with Crippen LogP contribution in [0, 0.1) is 17.7 Å². The number of alkyl halides is 3. The molecule has 1 fully saturated rings. The van der Waals surface area contributed by atoms with Crippen molar-refractivity contribution in [1.29, 1.82) is 0 Å². The van der Waals surface area contributed by atoms with Crippen molar-refractivity contribution in [3.63, 3.8) is 0 Å². The van der Waals surface area contributed by atoms with Crippen LogP contribution in [0.3, 0.4) is 0 Å². The van der Waals surface area contributed by atoms with Crippen molar-refractivity contribution in [2.45, 2.75) is 37.7 Å². The minimum atomic E-state index is -4.39. The van der Waals surface area contributed by atoms with Crippen LogP contribution in [0.15, 0.2) is 60.8 Å². The van der Waals surface area contributed by atoms with Crippen LogP contribution in [0.4, 0.5) is 17.6 Å². The fourth-order valence-electron chi connectivity index (χ4n) is 4.56. The maximum absolute atomic E-state index is 14.2. The minimum Gasteiger partial charge on any atom is -0.396 e. The van der Waals surface area contributed by atoms with E-state index in [1.54, 1.807) is 30.5 Å². The topological polar surface area (TPSA) is 78.3 Å².